The molecule has 160 valence electrons. The molecule has 2 N–H and O–H groups in total. The number of halogens is 1. The van der Waals surface area contributed by atoms with E-state index in [1.54, 1.807) is 25.1 Å². The number of nitrogens with zero attached hydrogens (tertiary/aromatic N) is 2. The number of hydrogen-bond acceptors (Lipinski definition) is 6. The molecule has 8 nitrogen and oxygen atoms in total. The van der Waals surface area contributed by atoms with Crippen LogP contribution in [0, 0.1) is 29.8 Å². The van der Waals surface area contributed by atoms with Crippen LogP contribution in [0.1, 0.15) is 16.7 Å². The average Bonchev–Trinajstić information content (AvgIpc) is 2.71. The first-order valence-electron chi connectivity index (χ1n) is 9.09. The van der Waals surface area contributed by atoms with Gasteiger partial charge in [-0.05, 0) is 37.6 Å². The van der Waals surface area contributed by atoms with Crippen molar-refractivity contribution in [1.29, 1.82) is 0 Å². The number of sulfonamides is 1. The van der Waals surface area contributed by atoms with Crippen LogP contribution in [-0.2, 0) is 10.0 Å². The first-order valence-corrected chi connectivity index (χ1v) is 10.6. The molecular weight excluding hydrogens is 423 g/mol. The quantitative estimate of drug-likeness (QED) is 0.315. The summed E-state index contributed by atoms with van der Waals surface area (Å²) in [7, 11) is -4.20. The molecule has 0 aliphatic heterocycles. The maximum absolute atomic E-state index is 13.7. The second-order valence-corrected chi connectivity index (χ2v) is 8.40. The van der Waals surface area contributed by atoms with Gasteiger partial charge in [-0.1, -0.05) is 35.9 Å². The van der Waals surface area contributed by atoms with Crippen LogP contribution in [-0.4, -0.2) is 19.6 Å². The molecule has 0 radical (unpaired) electrons. The highest BCUT2D eigenvalue weighted by molar-refractivity contribution is 7.92. The minimum absolute atomic E-state index is 0.00421. The minimum atomic E-state index is -4.20. The third-order valence-electron chi connectivity index (χ3n) is 4.39. The van der Waals surface area contributed by atoms with E-state index in [0.717, 1.165) is 17.7 Å². The normalized spacial score (nSPS) is 11.5. The van der Waals surface area contributed by atoms with Crippen molar-refractivity contribution in [2.75, 3.05) is 10.1 Å². The van der Waals surface area contributed by atoms with Crippen molar-refractivity contribution in [3.05, 3.63) is 93.3 Å². The Balaban J connectivity index is 1.97. The van der Waals surface area contributed by atoms with Crippen molar-refractivity contribution in [2.45, 2.75) is 18.7 Å². The van der Waals surface area contributed by atoms with Gasteiger partial charge in [0.1, 0.15) is 10.7 Å². The number of nitrogens with one attached hydrogen (secondary N) is 2. The molecule has 3 aromatic carbocycles. The van der Waals surface area contributed by atoms with Crippen LogP contribution < -0.4 is 10.1 Å². The summed E-state index contributed by atoms with van der Waals surface area (Å²) in [5.41, 5.74) is 4.32. The highest BCUT2D eigenvalue weighted by atomic mass is 32.2. The number of aryl methyl sites for hydroxylation is 2. The van der Waals surface area contributed by atoms with Crippen molar-refractivity contribution in [3.8, 4) is 0 Å². The van der Waals surface area contributed by atoms with E-state index in [9.17, 15) is 22.9 Å². The van der Waals surface area contributed by atoms with Gasteiger partial charge in [0.2, 0.25) is 0 Å². The van der Waals surface area contributed by atoms with E-state index < -0.39 is 26.5 Å². The van der Waals surface area contributed by atoms with Gasteiger partial charge < -0.3 is 0 Å². The van der Waals surface area contributed by atoms with Crippen LogP contribution >= 0.6 is 0 Å². The fraction of sp³-hybridized carbons (Fsp3) is 0.0952. The van der Waals surface area contributed by atoms with Crippen LogP contribution in [0.25, 0.3) is 0 Å². The van der Waals surface area contributed by atoms with E-state index in [1.807, 2.05) is 13.0 Å². The highest BCUT2D eigenvalue weighted by Crippen LogP contribution is 2.29. The second-order valence-electron chi connectivity index (χ2n) is 6.75. The SMILES string of the molecule is Cc1ccc(NS(=O)(=O)c2cc([N+](=O)[O-])ccc2NN=Cc2ccccc2F)c(C)c1. The maximum Gasteiger partial charge on any atom is 0.270 e. The predicted molar refractivity (Wildman–Crippen MR) is 117 cm³/mol. The van der Waals surface area contributed by atoms with Crippen LogP contribution in [0.5, 0.6) is 0 Å². The zero-order valence-electron chi connectivity index (χ0n) is 16.7. The molecule has 3 aromatic rings. The van der Waals surface area contributed by atoms with Gasteiger partial charge in [0.15, 0.2) is 0 Å². The minimum Gasteiger partial charge on any atom is -0.279 e. The molecule has 0 bridgehead atoms. The standard InChI is InChI=1S/C21H19FN4O4S/c1-14-7-9-19(15(2)11-14)25-31(29,30)21-12-17(26(27)28)8-10-20(21)24-23-13-16-5-3-4-6-18(16)22/h3-13,24-25H,1-2H3. The summed E-state index contributed by atoms with van der Waals surface area (Å²) in [6, 6.07) is 14.4. The van der Waals surface area contributed by atoms with Crippen molar-refractivity contribution in [3.63, 3.8) is 0 Å². The molecule has 0 atom stereocenters. The Bertz CT molecular complexity index is 1280. The second kappa shape index (κ2) is 8.92. The summed E-state index contributed by atoms with van der Waals surface area (Å²) in [5, 5.41) is 15.1. The summed E-state index contributed by atoms with van der Waals surface area (Å²) in [4.78, 5) is 10.1. The van der Waals surface area contributed by atoms with Gasteiger partial charge in [-0.3, -0.25) is 20.3 Å². The summed E-state index contributed by atoms with van der Waals surface area (Å²) in [6.45, 7) is 3.62. The van der Waals surface area contributed by atoms with E-state index >= 15 is 0 Å². The zero-order chi connectivity index (χ0) is 22.6. The number of non-ortho nitro benzene ring substituents is 1. The number of hydrogen-bond donors (Lipinski definition) is 2. The fourth-order valence-electron chi connectivity index (χ4n) is 2.82. The Labute approximate surface area is 178 Å². The molecule has 0 fully saturated rings. The number of rotatable bonds is 7. The van der Waals surface area contributed by atoms with E-state index in [1.165, 1.54) is 30.5 Å². The Kier molecular flexibility index (Phi) is 6.30. The molecule has 0 heterocycles. The topological polar surface area (TPSA) is 114 Å². The lowest BCUT2D eigenvalue weighted by atomic mass is 10.1. The maximum atomic E-state index is 13.7. The molecule has 3 rings (SSSR count). The third-order valence-corrected chi connectivity index (χ3v) is 5.79. The number of hydrazone groups is 1. The molecule has 0 spiro atoms. The van der Waals surface area contributed by atoms with Crippen molar-refractivity contribution in [2.24, 2.45) is 5.10 Å². The van der Waals surface area contributed by atoms with Gasteiger partial charge in [0, 0.05) is 17.7 Å². The largest absolute Gasteiger partial charge is 0.279 e. The lowest BCUT2D eigenvalue weighted by molar-refractivity contribution is -0.385. The summed E-state index contributed by atoms with van der Waals surface area (Å²) >= 11 is 0. The smallest absolute Gasteiger partial charge is 0.270 e. The summed E-state index contributed by atoms with van der Waals surface area (Å²) in [5.74, 6) is -0.499. The number of benzene rings is 3. The molecule has 0 saturated carbocycles. The van der Waals surface area contributed by atoms with Crippen LogP contribution in [0.3, 0.4) is 0 Å². The van der Waals surface area contributed by atoms with Crippen molar-refractivity contribution >= 4 is 33.3 Å². The monoisotopic (exact) mass is 442 g/mol. The molecule has 10 heteroatoms. The average molecular weight is 442 g/mol. The van der Waals surface area contributed by atoms with Gasteiger partial charge in [-0.15, -0.1) is 0 Å². The van der Waals surface area contributed by atoms with Gasteiger partial charge in [0.25, 0.3) is 15.7 Å². The first-order chi connectivity index (χ1) is 14.7. The predicted octanol–water partition coefficient (Wildman–Crippen LogP) is 4.60. The van der Waals surface area contributed by atoms with Gasteiger partial charge in [0.05, 0.1) is 22.5 Å². The Morgan fingerprint density at radius 2 is 1.74 bits per heavy atom. The Hall–Kier alpha value is -3.79. The van der Waals surface area contributed by atoms with E-state index in [-0.39, 0.29) is 16.1 Å². The molecule has 0 aliphatic rings. The molecule has 0 aromatic heterocycles. The van der Waals surface area contributed by atoms with E-state index in [2.05, 4.69) is 15.2 Å². The van der Waals surface area contributed by atoms with Crippen molar-refractivity contribution < 1.29 is 17.7 Å². The van der Waals surface area contributed by atoms with Gasteiger partial charge in [-0.2, -0.15) is 5.10 Å². The lowest BCUT2D eigenvalue weighted by Gasteiger charge is -2.14. The van der Waals surface area contributed by atoms with E-state index in [0.29, 0.717) is 11.3 Å². The van der Waals surface area contributed by atoms with Crippen LogP contribution in [0.4, 0.5) is 21.5 Å². The lowest BCUT2D eigenvalue weighted by Crippen LogP contribution is -2.16. The van der Waals surface area contributed by atoms with Gasteiger partial charge >= 0.3 is 0 Å². The highest BCUT2D eigenvalue weighted by Gasteiger charge is 2.23. The molecule has 0 unspecified atom stereocenters. The van der Waals surface area contributed by atoms with E-state index in [4.69, 9.17) is 0 Å². The number of nitro groups is 1. The first kappa shape index (κ1) is 21.9. The third kappa shape index (κ3) is 5.23. The van der Waals surface area contributed by atoms with Crippen LogP contribution in [0.15, 0.2) is 70.7 Å². The molecule has 31 heavy (non-hydrogen) atoms. The summed E-state index contributed by atoms with van der Waals surface area (Å²) in [6.07, 6.45) is 1.19. The zero-order valence-corrected chi connectivity index (χ0v) is 17.5. The van der Waals surface area contributed by atoms with Crippen LogP contribution in [0.2, 0.25) is 0 Å². The summed E-state index contributed by atoms with van der Waals surface area (Å²) < 4.78 is 42.3. The number of anilines is 2. The number of nitro benzene ring substituents is 1. The molecule has 0 aliphatic carbocycles. The molecular formula is C21H19FN4O4S. The molecule has 0 amide bonds. The Morgan fingerprint density at radius 3 is 2.42 bits per heavy atom. The fourth-order valence-corrected chi connectivity index (χ4v) is 4.13. The molecule has 0 saturated heterocycles. The van der Waals surface area contributed by atoms with Crippen molar-refractivity contribution in [1.82, 2.24) is 0 Å². The van der Waals surface area contributed by atoms with Gasteiger partial charge in [-0.25, -0.2) is 12.8 Å². The Morgan fingerprint density at radius 1 is 1.03 bits per heavy atom.